The number of halogens is 2. The number of hydrogen-bond acceptors (Lipinski definition) is 3. The average Bonchev–Trinajstić information content (AvgIpc) is 2.32. The molecule has 0 fully saturated rings. The van der Waals surface area contributed by atoms with Gasteiger partial charge in [-0.2, -0.15) is 0 Å². The van der Waals surface area contributed by atoms with Crippen molar-refractivity contribution >= 4 is 49.4 Å². The molecule has 0 heterocycles. The predicted octanol–water partition coefficient (Wildman–Crippen LogP) is 2.87. The molecule has 0 aliphatic rings. The number of nitrogens with zero attached hydrogens (tertiary/aromatic N) is 1. The zero-order chi connectivity index (χ0) is 15.3. The third-order valence-electron chi connectivity index (χ3n) is 2.62. The molecule has 0 atom stereocenters. The molecular formula is C13H16Br2N2O3. The van der Waals surface area contributed by atoms with Crippen LogP contribution in [0.1, 0.15) is 12.5 Å². The molecule has 20 heavy (non-hydrogen) atoms. The first-order valence-electron chi connectivity index (χ1n) is 6.03. The number of anilines is 1. The second kappa shape index (κ2) is 7.75. The maximum absolute atomic E-state index is 12.0. The number of carbonyl (C=O) groups is 2. The fourth-order valence-corrected chi connectivity index (χ4v) is 3.29. The summed E-state index contributed by atoms with van der Waals surface area (Å²) >= 11 is 6.80. The molecule has 2 N–H and O–H groups in total. The van der Waals surface area contributed by atoms with Gasteiger partial charge in [-0.15, -0.1) is 0 Å². The van der Waals surface area contributed by atoms with E-state index in [4.69, 9.17) is 5.11 Å². The second-order valence-electron chi connectivity index (χ2n) is 4.35. The number of aliphatic carboxylic acids is 1. The number of carboxylic acids is 1. The lowest BCUT2D eigenvalue weighted by Crippen LogP contribution is -2.36. The van der Waals surface area contributed by atoms with Crippen molar-refractivity contribution in [3.05, 3.63) is 26.6 Å². The summed E-state index contributed by atoms with van der Waals surface area (Å²) in [5, 5.41) is 11.5. The van der Waals surface area contributed by atoms with E-state index in [1.807, 2.05) is 26.0 Å². The smallest absolute Gasteiger partial charge is 0.317 e. The van der Waals surface area contributed by atoms with E-state index in [9.17, 15) is 9.59 Å². The van der Waals surface area contributed by atoms with Crippen LogP contribution in [0.15, 0.2) is 21.1 Å². The quantitative estimate of drug-likeness (QED) is 0.760. The lowest BCUT2D eigenvalue weighted by molar-refractivity contribution is -0.138. The Kier molecular flexibility index (Phi) is 6.64. The van der Waals surface area contributed by atoms with Gasteiger partial charge in [0, 0.05) is 8.95 Å². The monoisotopic (exact) mass is 406 g/mol. The van der Waals surface area contributed by atoms with E-state index < -0.39 is 5.97 Å². The number of rotatable bonds is 6. The Hall–Kier alpha value is -0.920. The fourth-order valence-electron chi connectivity index (χ4n) is 1.67. The number of amides is 1. The molecule has 0 unspecified atom stereocenters. The molecule has 0 aromatic heterocycles. The molecule has 0 bridgehead atoms. The van der Waals surface area contributed by atoms with Gasteiger partial charge in [-0.05, 0) is 63.0 Å². The molecule has 1 amide bonds. The predicted molar refractivity (Wildman–Crippen MR) is 85.0 cm³/mol. The summed E-state index contributed by atoms with van der Waals surface area (Å²) in [4.78, 5) is 24.2. The lowest BCUT2D eigenvalue weighted by atomic mass is 10.2. The van der Waals surface area contributed by atoms with Crippen LogP contribution >= 0.6 is 31.9 Å². The Labute approximate surface area is 134 Å². The van der Waals surface area contributed by atoms with E-state index in [-0.39, 0.29) is 19.0 Å². The third kappa shape index (κ3) is 5.22. The van der Waals surface area contributed by atoms with Gasteiger partial charge in [-0.25, -0.2) is 0 Å². The van der Waals surface area contributed by atoms with Crippen LogP contribution in [0.3, 0.4) is 0 Å². The van der Waals surface area contributed by atoms with E-state index >= 15 is 0 Å². The zero-order valence-corrected chi connectivity index (χ0v) is 14.4. The van der Waals surface area contributed by atoms with Crippen LogP contribution in [0, 0.1) is 6.92 Å². The number of hydrogen-bond donors (Lipinski definition) is 2. The van der Waals surface area contributed by atoms with Gasteiger partial charge in [0.2, 0.25) is 5.91 Å². The Morgan fingerprint density at radius 3 is 2.25 bits per heavy atom. The number of aryl methyl sites for hydroxylation is 1. The number of benzene rings is 1. The van der Waals surface area contributed by atoms with Gasteiger partial charge in [-0.3, -0.25) is 14.5 Å². The molecule has 110 valence electrons. The van der Waals surface area contributed by atoms with E-state index in [1.165, 1.54) is 0 Å². The van der Waals surface area contributed by atoms with Crippen molar-refractivity contribution in [1.29, 1.82) is 0 Å². The standard InChI is InChI=1S/C13H16Br2N2O3/c1-3-17(7-12(19)20)6-11(18)16-13-9(14)4-8(2)5-10(13)15/h4-5H,3,6-7H2,1-2H3,(H,16,18)(H,19,20). The summed E-state index contributed by atoms with van der Waals surface area (Å²) in [6.07, 6.45) is 0. The van der Waals surface area contributed by atoms with E-state index in [1.54, 1.807) is 4.90 Å². The van der Waals surface area contributed by atoms with E-state index in [0.29, 0.717) is 12.2 Å². The highest BCUT2D eigenvalue weighted by Gasteiger charge is 2.14. The molecule has 0 saturated carbocycles. The van der Waals surface area contributed by atoms with Gasteiger partial charge in [-0.1, -0.05) is 6.92 Å². The SMILES string of the molecule is CCN(CC(=O)O)CC(=O)Nc1c(Br)cc(C)cc1Br. The molecule has 0 aliphatic carbocycles. The lowest BCUT2D eigenvalue weighted by Gasteiger charge is -2.18. The van der Waals surface area contributed by atoms with Gasteiger partial charge in [0.05, 0.1) is 18.8 Å². The Balaban J connectivity index is 2.73. The van der Waals surface area contributed by atoms with Gasteiger partial charge in [0.15, 0.2) is 0 Å². The normalized spacial score (nSPS) is 10.7. The minimum Gasteiger partial charge on any atom is -0.480 e. The fraction of sp³-hybridized carbons (Fsp3) is 0.385. The van der Waals surface area contributed by atoms with Crippen LogP contribution in [0.25, 0.3) is 0 Å². The van der Waals surface area contributed by atoms with Crippen molar-refractivity contribution in [2.75, 3.05) is 25.0 Å². The molecule has 1 aromatic carbocycles. The van der Waals surface area contributed by atoms with Crippen molar-refractivity contribution in [3.63, 3.8) is 0 Å². The molecule has 1 rings (SSSR count). The van der Waals surface area contributed by atoms with Crippen LogP contribution in [0.4, 0.5) is 5.69 Å². The summed E-state index contributed by atoms with van der Waals surface area (Å²) in [7, 11) is 0. The molecule has 0 saturated heterocycles. The number of nitrogens with one attached hydrogen (secondary N) is 1. The zero-order valence-electron chi connectivity index (χ0n) is 11.2. The topological polar surface area (TPSA) is 69.6 Å². The van der Waals surface area contributed by atoms with Crippen LogP contribution in [0.2, 0.25) is 0 Å². The van der Waals surface area contributed by atoms with Crippen LogP contribution < -0.4 is 5.32 Å². The van der Waals surface area contributed by atoms with Crippen LogP contribution in [-0.4, -0.2) is 41.5 Å². The van der Waals surface area contributed by atoms with Crippen molar-refractivity contribution < 1.29 is 14.7 Å². The van der Waals surface area contributed by atoms with Gasteiger partial charge < -0.3 is 10.4 Å². The molecule has 0 spiro atoms. The van der Waals surface area contributed by atoms with Gasteiger partial charge in [0.25, 0.3) is 0 Å². The number of carboxylic acid groups (broad SMARTS) is 1. The summed E-state index contributed by atoms with van der Waals surface area (Å²) in [5.74, 6) is -1.20. The van der Waals surface area contributed by atoms with Gasteiger partial charge >= 0.3 is 5.97 Å². The minimum atomic E-state index is -0.947. The number of likely N-dealkylation sites (N-methyl/N-ethyl adjacent to an activating group) is 1. The molecule has 1 aromatic rings. The maximum Gasteiger partial charge on any atom is 0.317 e. The van der Waals surface area contributed by atoms with E-state index in [2.05, 4.69) is 37.2 Å². The van der Waals surface area contributed by atoms with Crippen molar-refractivity contribution in [2.24, 2.45) is 0 Å². The first kappa shape index (κ1) is 17.1. The summed E-state index contributed by atoms with van der Waals surface area (Å²) in [5.41, 5.74) is 1.70. The Morgan fingerprint density at radius 1 is 1.25 bits per heavy atom. The average molecular weight is 408 g/mol. The van der Waals surface area contributed by atoms with Crippen molar-refractivity contribution in [1.82, 2.24) is 4.90 Å². The van der Waals surface area contributed by atoms with E-state index in [0.717, 1.165) is 14.5 Å². The summed E-state index contributed by atoms with van der Waals surface area (Å²) in [6.45, 7) is 4.15. The Bertz CT molecular complexity index is 497. The third-order valence-corrected chi connectivity index (χ3v) is 3.87. The highest BCUT2D eigenvalue weighted by atomic mass is 79.9. The molecule has 5 nitrogen and oxygen atoms in total. The summed E-state index contributed by atoms with van der Waals surface area (Å²) in [6, 6.07) is 3.80. The molecule has 7 heteroatoms. The highest BCUT2D eigenvalue weighted by molar-refractivity contribution is 9.11. The van der Waals surface area contributed by atoms with Crippen molar-refractivity contribution in [2.45, 2.75) is 13.8 Å². The summed E-state index contributed by atoms with van der Waals surface area (Å²) < 4.78 is 1.55. The highest BCUT2D eigenvalue weighted by Crippen LogP contribution is 2.32. The minimum absolute atomic E-state index is 0.0373. The molecular weight excluding hydrogens is 392 g/mol. The number of carbonyl (C=O) groups excluding carboxylic acids is 1. The second-order valence-corrected chi connectivity index (χ2v) is 6.06. The molecule has 0 aliphatic heterocycles. The maximum atomic E-state index is 12.0. The van der Waals surface area contributed by atoms with Crippen molar-refractivity contribution in [3.8, 4) is 0 Å². The molecule has 0 radical (unpaired) electrons. The first-order valence-corrected chi connectivity index (χ1v) is 7.61. The largest absolute Gasteiger partial charge is 0.480 e. The van der Waals surface area contributed by atoms with Crippen LogP contribution in [0.5, 0.6) is 0 Å². The first-order chi connectivity index (χ1) is 9.33. The van der Waals surface area contributed by atoms with Gasteiger partial charge in [0.1, 0.15) is 0 Å². The van der Waals surface area contributed by atoms with Crippen LogP contribution in [-0.2, 0) is 9.59 Å². The Morgan fingerprint density at radius 2 is 1.80 bits per heavy atom.